The summed E-state index contributed by atoms with van der Waals surface area (Å²) >= 11 is 0. The van der Waals surface area contributed by atoms with Gasteiger partial charge in [-0.25, -0.2) is 0 Å². The summed E-state index contributed by atoms with van der Waals surface area (Å²) in [6, 6.07) is 7.06. The molecule has 1 rings (SSSR count). The SMILES string of the molecule is COc1ccccc1OCC(=O)NCCN=[N+]=[N-]. The summed E-state index contributed by atoms with van der Waals surface area (Å²) in [6.45, 7) is 0.395. The van der Waals surface area contributed by atoms with Gasteiger partial charge in [-0.1, -0.05) is 17.2 Å². The fourth-order valence-corrected chi connectivity index (χ4v) is 1.22. The number of amides is 1. The molecular formula is C11H14N4O3. The van der Waals surface area contributed by atoms with E-state index in [2.05, 4.69) is 15.3 Å². The van der Waals surface area contributed by atoms with E-state index in [1.54, 1.807) is 18.2 Å². The van der Waals surface area contributed by atoms with Crippen LogP contribution in [0, 0.1) is 0 Å². The molecule has 0 aliphatic rings. The normalized spacial score (nSPS) is 9.17. The number of azide groups is 1. The van der Waals surface area contributed by atoms with E-state index >= 15 is 0 Å². The van der Waals surface area contributed by atoms with Crippen molar-refractivity contribution in [3.05, 3.63) is 34.7 Å². The highest BCUT2D eigenvalue weighted by atomic mass is 16.5. The van der Waals surface area contributed by atoms with Crippen molar-refractivity contribution in [2.24, 2.45) is 5.11 Å². The number of ether oxygens (including phenoxy) is 2. The van der Waals surface area contributed by atoms with Crippen molar-refractivity contribution in [3.63, 3.8) is 0 Å². The van der Waals surface area contributed by atoms with Crippen LogP contribution < -0.4 is 14.8 Å². The monoisotopic (exact) mass is 250 g/mol. The number of nitrogens with zero attached hydrogens (tertiary/aromatic N) is 3. The lowest BCUT2D eigenvalue weighted by Gasteiger charge is -2.09. The number of nitrogens with one attached hydrogen (secondary N) is 1. The van der Waals surface area contributed by atoms with Crippen LogP contribution in [0.25, 0.3) is 10.4 Å². The van der Waals surface area contributed by atoms with Crippen LogP contribution >= 0.6 is 0 Å². The third-order valence-electron chi connectivity index (χ3n) is 2.03. The predicted molar refractivity (Wildman–Crippen MR) is 65.5 cm³/mol. The number of hydrogen-bond acceptors (Lipinski definition) is 4. The average Bonchev–Trinajstić information content (AvgIpc) is 2.41. The summed E-state index contributed by atoms with van der Waals surface area (Å²) in [4.78, 5) is 13.9. The number of methoxy groups -OCH3 is 1. The minimum absolute atomic E-state index is 0.114. The van der Waals surface area contributed by atoms with Crippen LogP contribution in [0.5, 0.6) is 11.5 Å². The van der Waals surface area contributed by atoms with Gasteiger partial charge in [0, 0.05) is 18.0 Å². The minimum atomic E-state index is -0.283. The fourth-order valence-electron chi connectivity index (χ4n) is 1.22. The van der Waals surface area contributed by atoms with Crippen molar-refractivity contribution in [1.29, 1.82) is 0 Å². The number of carbonyl (C=O) groups is 1. The van der Waals surface area contributed by atoms with E-state index in [1.807, 2.05) is 6.07 Å². The molecule has 1 N–H and O–H groups in total. The lowest BCUT2D eigenvalue weighted by atomic mass is 10.3. The first-order chi connectivity index (χ1) is 8.77. The molecule has 1 amide bonds. The van der Waals surface area contributed by atoms with Crippen molar-refractivity contribution in [1.82, 2.24) is 5.32 Å². The zero-order chi connectivity index (χ0) is 13.2. The number of rotatable bonds is 7. The Balaban J connectivity index is 2.35. The average molecular weight is 250 g/mol. The van der Waals surface area contributed by atoms with Gasteiger partial charge in [0.1, 0.15) is 0 Å². The van der Waals surface area contributed by atoms with E-state index in [9.17, 15) is 4.79 Å². The van der Waals surface area contributed by atoms with Crippen LogP contribution in [0.2, 0.25) is 0 Å². The van der Waals surface area contributed by atoms with Gasteiger partial charge in [0.2, 0.25) is 0 Å². The Kier molecular flexibility index (Phi) is 5.93. The molecule has 0 heterocycles. The Hall–Kier alpha value is -2.40. The van der Waals surface area contributed by atoms with E-state index in [4.69, 9.17) is 15.0 Å². The van der Waals surface area contributed by atoms with Crippen LogP contribution in [0.4, 0.5) is 0 Å². The van der Waals surface area contributed by atoms with Gasteiger partial charge in [0.15, 0.2) is 18.1 Å². The maximum Gasteiger partial charge on any atom is 0.257 e. The van der Waals surface area contributed by atoms with Gasteiger partial charge in [-0.05, 0) is 17.7 Å². The fraction of sp³-hybridized carbons (Fsp3) is 0.364. The molecule has 0 saturated carbocycles. The highest BCUT2D eigenvalue weighted by molar-refractivity contribution is 5.77. The van der Waals surface area contributed by atoms with Crippen LogP contribution in [0.3, 0.4) is 0 Å². The Bertz CT molecular complexity index is 444. The Labute approximate surface area is 104 Å². The van der Waals surface area contributed by atoms with E-state index < -0.39 is 0 Å². The highest BCUT2D eigenvalue weighted by Gasteiger charge is 2.05. The zero-order valence-electron chi connectivity index (χ0n) is 10.00. The number of hydrogen-bond donors (Lipinski definition) is 1. The van der Waals surface area contributed by atoms with Gasteiger partial charge >= 0.3 is 0 Å². The van der Waals surface area contributed by atoms with Crippen molar-refractivity contribution in [2.45, 2.75) is 0 Å². The maximum absolute atomic E-state index is 11.4. The predicted octanol–water partition coefficient (Wildman–Crippen LogP) is 1.50. The molecule has 0 unspecified atom stereocenters. The second kappa shape index (κ2) is 7.81. The molecular weight excluding hydrogens is 236 g/mol. The van der Waals surface area contributed by atoms with Crippen LogP contribution in [0.15, 0.2) is 29.4 Å². The topological polar surface area (TPSA) is 96.3 Å². The lowest BCUT2D eigenvalue weighted by molar-refractivity contribution is -0.123. The van der Waals surface area contributed by atoms with E-state index in [1.165, 1.54) is 7.11 Å². The van der Waals surface area contributed by atoms with Gasteiger partial charge in [0.25, 0.3) is 5.91 Å². The van der Waals surface area contributed by atoms with Crippen molar-refractivity contribution >= 4 is 5.91 Å². The van der Waals surface area contributed by atoms with E-state index in [-0.39, 0.29) is 25.6 Å². The molecule has 7 nitrogen and oxygen atoms in total. The van der Waals surface area contributed by atoms with Gasteiger partial charge in [-0.15, -0.1) is 0 Å². The third-order valence-corrected chi connectivity index (χ3v) is 2.03. The largest absolute Gasteiger partial charge is 0.493 e. The summed E-state index contributed by atoms with van der Waals surface area (Å²) in [6.07, 6.45) is 0. The summed E-state index contributed by atoms with van der Waals surface area (Å²) in [5, 5.41) is 5.85. The number of carbonyl (C=O) groups excluding carboxylic acids is 1. The highest BCUT2D eigenvalue weighted by Crippen LogP contribution is 2.25. The molecule has 18 heavy (non-hydrogen) atoms. The summed E-state index contributed by atoms with van der Waals surface area (Å²) < 4.78 is 10.4. The summed E-state index contributed by atoms with van der Waals surface area (Å²) in [5.74, 6) is 0.790. The number of para-hydroxylation sites is 2. The van der Waals surface area contributed by atoms with Crippen molar-refractivity contribution < 1.29 is 14.3 Å². The Morgan fingerprint density at radius 3 is 2.83 bits per heavy atom. The quantitative estimate of drug-likeness (QED) is 0.343. The maximum atomic E-state index is 11.4. The van der Waals surface area contributed by atoms with Gasteiger partial charge in [-0.2, -0.15) is 0 Å². The standard InChI is InChI=1S/C11H14N4O3/c1-17-9-4-2-3-5-10(9)18-8-11(16)13-6-7-14-15-12/h2-5H,6-8H2,1H3,(H,13,16). The lowest BCUT2D eigenvalue weighted by Crippen LogP contribution is -2.30. The van der Waals surface area contributed by atoms with Gasteiger partial charge < -0.3 is 14.8 Å². The molecule has 0 fully saturated rings. The second-order valence-electron chi connectivity index (χ2n) is 3.24. The molecule has 0 aromatic heterocycles. The first-order valence-corrected chi connectivity index (χ1v) is 5.31. The molecule has 96 valence electrons. The molecule has 0 aliphatic carbocycles. The molecule has 0 saturated heterocycles. The summed E-state index contributed by atoms with van der Waals surface area (Å²) in [7, 11) is 1.53. The molecule has 0 atom stereocenters. The molecule has 1 aromatic carbocycles. The molecule has 0 aliphatic heterocycles. The van der Waals surface area contributed by atoms with Crippen molar-refractivity contribution in [2.75, 3.05) is 26.8 Å². The molecule has 0 spiro atoms. The minimum Gasteiger partial charge on any atom is -0.493 e. The molecule has 0 bridgehead atoms. The number of benzene rings is 1. The Morgan fingerprint density at radius 1 is 1.44 bits per heavy atom. The van der Waals surface area contributed by atoms with Gasteiger partial charge in [-0.3, -0.25) is 4.79 Å². The van der Waals surface area contributed by atoms with Crippen LogP contribution in [-0.4, -0.2) is 32.7 Å². The van der Waals surface area contributed by atoms with Crippen LogP contribution in [-0.2, 0) is 4.79 Å². The first kappa shape index (κ1) is 13.7. The third kappa shape index (κ3) is 4.63. The first-order valence-electron chi connectivity index (χ1n) is 5.31. The smallest absolute Gasteiger partial charge is 0.257 e. The van der Waals surface area contributed by atoms with Crippen molar-refractivity contribution in [3.8, 4) is 11.5 Å². The molecule has 1 aromatic rings. The molecule has 7 heteroatoms. The Morgan fingerprint density at radius 2 is 2.17 bits per heavy atom. The second-order valence-corrected chi connectivity index (χ2v) is 3.24. The molecule has 0 radical (unpaired) electrons. The summed E-state index contributed by atoms with van der Waals surface area (Å²) in [5.41, 5.74) is 8.05. The van der Waals surface area contributed by atoms with E-state index in [0.717, 1.165) is 0 Å². The van der Waals surface area contributed by atoms with E-state index in [0.29, 0.717) is 11.5 Å². The van der Waals surface area contributed by atoms with Gasteiger partial charge in [0.05, 0.1) is 7.11 Å². The van der Waals surface area contributed by atoms with Crippen LogP contribution in [0.1, 0.15) is 0 Å². The zero-order valence-corrected chi connectivity index (χ0v) is 10.00.